The molecule has 1 saturated heterocycles. The van der Waals surface area contributed by atoms with E-state index in [0.29, 0.717) is 13.1 Å². The maximum atomic E-state index is 13.2. The molecule has 1 aliphatic carbocycles. The van der Waals surface area contributed by atoms with Crippen molar-refractivity contribution in [3.63, 3.8) is 0 Å². The van der Waals surface area contributed by atoms with E-state index in [2.05, 4.69) is 17.4 Å². The van der Waals surface area contributed by atoms with E-state index < -0.39 is 5.54 Å². The summed E-state index contributed by atoms with van der Waals surface area (Å²) in [5, 5.41) is 2.66. The van der Waals surface area contributed by atoms with Crippen LogP contribution in [0.25, 0.3) is 0 Å². The van der Waals surface area contributed by atoms with Gasteiger partial charge < -0.3 is 10.2 Å². The molecule has 0 radical (unpaired) electrons. The standard InChI is InChI=1S/C17H23N3O2/c1-18-15(21)13-10-20(11-13)16(22)17(19(2)3)9-8-12-6-4-5-7-14(12)17/h4-7,13H,8-11H2,1-3H3,(H,18,21). The normalized spacial score (nSPS) is 24.1. The molecule has 1 N–H and O–H groups in total. The van der Waals surface area contributed by atoms with Crippen LogP contribution in [-0.4, -0.2) is 55.8 Å². The maximum Gasteiger partial charge on any atom is 0.247 e. The molecule has 3 rings (SSSR count). The number of hydrogen-bond acceptors (Lipinski definition) is 3. The molecule has 1 heterocycles. The van der Waals surface area contributed by atoms with Crippen LogP contribution in [0.3, 0.4) is 0 Å². The lowest BCUT2D eigenvalue weighted by Gasteiger charge is -2.46. The monoisotopic (exact) mass is 301 g/mol. The summed E-state index contributed by atoms with van der Waals surface area (Å²) in [6, 6.07) is 8.20. The Balaban J connectivity index is 1.85. The van der Waals surface area contributed by atoms with Gasteiger partial charge in [-0.2, -0.15) is 0 Å². The lowest BCUT2D eigenvalue weighted by molar-refractivity contribution is -0.153. The van der Waals surface area contributed by atoms with E-state index in [1.807, 2.05) is 36.0 Å². The SMILES string of the molecule is CNC(=O)C1CN(C(=O)C2(N(C)C)CCc3ccccc32)C1. The molecule has 2 amide bonds. The molecular formula is C17H23N3O2. The summed E-state index contributed by atoms with van der Waals surface area (Å²) < 4.78 is 0. The molecule has 1 aromatic rings. The van der Waals surface area contributed by atoms with Gasteiger partial charge in [0.2, 0.25) is 11.8 Å². The number of nitrogens with zero attached hydrogens (tertiary/aromatic N) is 2. The van der Waals surface area contributed by atoms with Crippen LogP contribution >= 0.6 is 0 Å². The third-order valence-corrected chi connectivity index (χ3v) is 5.12. The minimum atomic E-state index is -0.579. The van der Waals surface area contributed by atoms with Gasteiger partial charge in [-0.3, -0.25) is 14.5 Å². The molecule has 5 heteroatoms. The highest BCUT2D eigenvalue weighted by molar-refractivity contribution is 5.91. The highest BCUT2D eigenvalue weighted by Crippen LogP contribution is 2.42. The third kappa shape index (κ3) is 2.03. The molecule has 1 fully saturated rings. The predicted octanol–water partition coefficient (Wildman–Crippen LogP) is 0.594. The van der Waals surface area contributed by atoms with Crippen molar-refractivity contribution >= 4 is 11.8 Å². The number of aryl methyl sites for hydroxylation is 1. The van der Waals surface area contributed by atoms with Gasteiger partial charge >= 0.3 is 0 Å². The highest BCUT2D eigenvalue weighted by Gasteiger charge is 2.51. The molecule has 0 bridgehead atoms. The Labute approximate surface area is 131 Å². The van der Waals surface area contributed by atoms with E-state index in [1.165, 1.54) is 5.56 Å². The lowest BCUT2D eigenvalue weighted by atomic mass is 9.86. The molecule has 0 saturated carbocycles. The van der Waals surface area contributed by atoms with Crippen LogP contribution in [0, 0.1) is 5.92 Å². The van der Waals surface area contributed by atoms with Crippen molar-refractivity contribution in [1.29, 1.82) is 0 Å². The van der Waals surface area contributed by atoms with Crippen molar-refractivity contribution in [2.45, 2.75) is 18.4 Å². The highest BCUT2D eigenvalue weighted by atomic mass is 16.2. The van der Waals surface area contributed by atoms with Crippen molar-refractivity contribution in [2.24, 2.45) is 5.92 Å². The Morgan fingerprint density at radius 1 is 1.27 bits per heavy atom. The summed E-state index contributed by atoms with van der Waals surface area (Å²) in [5.41, 5.74) is 1.80. The first kappa shape index (κ1) is 15.0. The zero-order chi connectivity index (χ0) is 15.9. The average Bonchev–Trinajstić information content (AvgIpc) is 2.86. The van der Waals surface area contributed by atoms with E-state index >= 15 is 0 Å². The van der Waals surface area contributed by atoms with Gasteiger partial charge in [0.05, 0.1) is 5.92 Å². The second kappa shape index (κ2) is 5.39. The van der Waals surface area contributed by atoms with Gasteiger partial charge in [0, 0.05) is 20.1 Å². The Hall–Kier alpha value is -1.88. The molecule has 1 atom stereocenters. The molecule has 0 aromatic heterocycles. The van der Waals surface area contributed by atoms with Gasteiger partial charge in [-0.1, -0.05) is 24.3 Å². The number of nitrogens with one attached hydrogen (secondary N) is 1. The van der Waals surface area contributed by atoms with Crippen LogP contribution < -0.4 is 5.32 Å². The van der Waals surface area contributed by atoms with E-state index in [0.717, 1.165) is 18.4 Å². The van der Waals surface area contributed by atoms with Gasteiger partial charge in [0.25, 0.3) is 0 Å². The number of benzene rings is 1. The van der Waals surface area contributed by atoms with E-state index in [1.54, 1.807) is 7.05 Å². The first-order chi connectivity index (χ1) is 10.5. The number of rotatable bonds is 3. The molecule has 118 valence electrons. The van der Waals surface area contributed by atoms with Crippen molar-refractivity contribution in [3.05, 3.63) is 35.4 Å². The maximum absolute atomic E-state index is 13.2. The van der Waals surface area contributed by atoms with Crippen molar-refractivity contribution in [2.75, 3.05) is 34.2 Å². The van der Waals surface area contributed by atoms with Gasteiger partial charge in [0.15, 0.2) is 0 Å². The van der Waals surface area contributed by atoms with Gasteiger partial charge in [0.1, 0.15) is 5.54 Å². The number of carbonyl (C=O) groups is 2. The van der Waals surface area contributed by atoms with Crippen LogP contribution in [0.1, 0.15) is 17.5 Å². The fourth-order valence-corrected chi connectivity index (χ4v) is 3.75. The Bertz CT molecular complexity index is 608. The zero-order valence-electron chi connectivity index (χ0n) is 13.4. The summed E-state index contributed by atoms with van der Waals surface area (Å²) in [6.45, 7) is 1.05. The van der Waals surface area contributed by atoms with Crippen LogP contribution in [-0.2, 0) is 21.5 Å². The second-order valence-electron chi connectivity index (χ2n) is 6.43. The van der Waals surface area contributed by atoms with Crippen LogP contribution in [0.4, 0.5) is 0 Å². The summed E-state index contributed by atoms with van der Waals surface area (Å²) >= 11 is 0. The minimum absolute atomic E-state index is 0.0229. The molecule has 2 aliphatic rings. The largest absolute Gasteiger partial charge is 0.359 e. The summed E-state index contributed by atoms with van der Waals surface area (Å²) in [6.07, 6.45) is 1.73. The molecule has 22 heavy (non-hydrogen) atoms. The van der Waals surface area contributed by atoms with Crippen LogP contribution in [0.5, 0.6) is 0 Å². The van der Waals surface area contributed by atoms with Gasteiger partial charge in [-0.25, -0.2) is 0 Å². The molecule has 1 unspecified atom stereocenters. The second-order valence-corrected chi connectivity index (χ2v) is 6.43. The fraction of sp³-hybridized carbons (Fsp3) is 0.529. The Morgan fingerprint density at radius 3 is 2.59 bits per heavy atom. The average molecular weight is 301 g/mol. The number of likely N-dealkylation sites (tertiary alicyclic amines) is 1. The quantitative estimate of drug-likeness (QED) is 0.889. The van der Waals surface area contributed by atoms with E-state index in [4.69, 9.17) is 0 Å². The van der Waals surface area contributed by atoms with E-state index in [-0.39, 0.29) is 17.7 Å². The summed E-state index contributed by atoms with van der Waals surface area (Å²) in [4.78, 5) is 28.7. The zero-order valence-corrected chi connectivity index (χ0v) is 13.4. The summed E-state index contributed by atoms with van der Waals surface area (Å²) in [7, 11) is 5.58. The first-order valence-corrected chi connectivity index (χ1v) is 7.77. The topological polar surface area (TPSA) is 52.7 Å². The number of carbonyl (C=O) groups excluding carboxylic acids is 2. The molecule has 0 spiro atoms. The molecule has 5 nitrogen and oxygen atoms in total. The number of likely N-dealkylation sites (N-methyl/N-ethyl adjacent to an activating group) is 1. The Kier molecular flexibility index (Phi) is 3.68. The molecule has 1 aromatic carbocycles. The Morgan fingerprint density at radius 2 is 1.95 bits per heavy atom. The smallest absolute Gasteiger partial charge is 0.247 e. The number of amides is 2. The molecule has 1 aliphatic heterocycles. The minimum Gasteiger partial charge on any atom is -0.359 e. The van der Waals surface area contributed by atoms with E-state index in [9.17, 15) is 9.59 Å². The van der Waals surface area contributed by atoms with Crippen LogP contribution in [0.2, 0.25) is 0 Å². The van der Waals surface area contributed by atoms with Crippen molar-refractivity contribution < 1.29 is 9.59 Å². The van der Waals surface area contributed by atoms with Gasteiger partial charge in [-0.05, 0) is 38.1 Å². The lowest BCUT2D eigenvalue weighted by Crippen LogP contribution is -2.62. The third-order valence-electron chi connectivity index (χ3n) is 5.12. The van der Waals surface area contributed by atoms with Crippen molar-refractivity contribution in [1.82, 2.24) is 15.1 Å². The van der Waals surface area contributed by atoms with Crippen LogP contribution in [0.15, 0.2) is 24.3 Å². The fourth-order valence-electron chi connectivity index (χ4n) is 3.75. The number of hydrogen-bond donors (Lipinski definition) is 1. The first-order valence-electron chi connectivity index (χ1n) is 7.77. The molecular weight excluding hydrogens is 278 g/mol. The number of fused-ring (bicyclic) bond motifs is 1. The predicted molar refractivity (Wildman–Crippen MR) is 84.3 cm³/mol. The van der Waals surface area contributed by atoms with Gasteiger partial charge in [-0.15, -0.1) is 0 Å². The summed E-state index contributed by atoms with van der Waals surface area (Å²) in [5.74, 6) is 0.0854. The van der Waals surface area contributed by atoms with Crippen molar-refractivity contribution in [3.8, 4) is 0 Å².